The van der Waals surface area contributed by atoms with Crippen LogP contribution in [0.5, 0.6) is 0 Å². The summed E-state index contributed by atoms with van der Waals surface area (Å²) in [7, 11) is 0. The first-order valence-electron chi connectivity index (χ1n) is 6.59. The van der Waals surface area contributed by atoms with E-state index in [-0.39, 0.29) is 12.1 Å². The van der Waals surface area contributed by atoms with Crippen molar-refractivity contribution in [3.05, 3.63) is 83.2 Å². The van der Waals surface area contributed by atoms with Gasteiger partial charge in [0, 0.05) is 0 Å². The Bertz CT molecular complexity index is 526. The van der Waals surface area contributed by atoms with E-state index in [1.54, 1.807) is 0 Å². The molecule has 1 fully saturated rings. The maximum absolute atomic E-state index is 7.10. The molecule has 0 bridgehead atoms. The normalized spacial score (nSPS) is 16.0. The van der Waals surface area contributed by atoms with Crippen molar-refractivity contribution in [3.8, 4) is 0 Å². The van der Waals surface area contributed by atoms with Gasteiger partial charge < -0.3 is 4.85 Å². The molecule has 0 radical (unpaired) electrons. The maximum Gasteiger partial charge on any atom is 0.248 e. The predicted octanol–water partition coefficient (Wildman–Crippen LogP) is 3.38. The molecule has 1 heterocycles. The molecule has 2 aromatic rings. The van der Waals surface area contributed by atoms with Crippen LogP contribution in [0.25, 0.3) is 4.85 Å². The molecule has 0 atom stereocenters. The van der Waals surface area contributed by atoms with Gasteiger partial charge in [0.25, 0.3) is 0 Å². The molecule has 19 heavy (non-hydrogen) atoms. The highest BCUT2D eigenvalue weighted by Crippen LogP contribution is 2.32. The van der Waals surface area contributed by atoms with Crippen molar-refractivity contribution in [3.63, 3.8) is 0 Å². The number of nitrogens with zero attached hydrogens (tertiary/aromatic N) is 2. The van der Waals surface area contributed by atoms with Gasteiger partial charge >= 0.3 is 0 Å². The smallest absolute Gasteiger partial charge is 0.248 e. The third-order valence-corrected chi connectivity index (χ3v) is 3.67. The van der Waals surface area contributed by atoms with Gasteiger partial charge in [0.05, 0.1) is 19.1 Å². The lowest BCUT2D eigenvalue weighted by Gasteiger charge is -2.39. The number of benzene rings is 2. The third-order valence-electron chi connectivity index (χ3n) is 3.67. The van der Waals surface area contributed by atoms with Gasteiger partial charge in [0.2, 0.25) is 6.04 Å². The molecule has 1 aliphatic rings. The highest BCUT2D eigenvalue weighted by Gasteiger charge is 2.37. The van der Waals surface area contributed by atoms with Gasteiger partial charge in [0.1, 0.15) is 0 Å². The Hall–Kier alpha value is -2.11. The van der Waals surface area contributed by atoms with Crippen molar-refractivity contribution >= 4 is 0 Å². The van der Waals surface area contributed by atoms with Gasteiger partial charge in [-0.3, -0.25) is 4.90 Å². The number of likely N-dealkylation sites (tertiary alicyclic amines) is 1. The maximum atomic E-state index is 7.10. The van der Waals surface area contributed by atoms with Gasteiger partial charge in [-0.2, -0.15) is 0 Å². The second-order valence-corrected chi connectivity index (χ2v) is 4.96. The van der Waals surface area contributed by atoms with E-state index < -0.39 is 0 Å². The fourth-order valence-corrected chi connectivity index (χ4v) is 2.67. The first-order valence-corrected chi connectivity index (χ1v) is 6.59. The Morgan fingerprint density at radius 3 is 1.79 bits per heavy atom. The van der Waals surface area contributed by atoms with E-state index in [2.05, 4.69) is 58.3 Å². The molecule has 0 amide bonds. The molecule has 2 heteroatoms. The Labute approximate surface area is 114 Å². The highest BCUT2D eigenvalue weighted by atomic mass is 15.2. The number of hydrogen-bond donors (Lipinski definition) is 0. The third kappa shape index (κ3) is 2.38. The molecule has 0 unspecified atom stereocenters. The molecule has 2 aromatic carbocycles. The summed E-state index contributed by atoms with van der Waals surface area (Å²) in [6.07, 6.45) is 0. The van der Waals surface area contributed by atoms with Crippen LogP contribution < -0.4 is 0 Å². The van der Waals surface area contributed by atoms with E-state index in [9.17, 15) is 0 Å². The zero-order valence-electron chi connectivity index (χ0n) is 10.7. The van der Waals surface area contributed by atoms with E-state index in [1.807, 2.05) is 12.1 Å². The first-order chi connectivity index (χ1) is 9.38. The molecule has 0 spiro atoms. The minimum absolute atomic E-state index is 0.176. The van der Waals surface area contributed by atoms with Crippen LogP contribution in [0, 0.1) is 6.57 Å². The van der Waals surface area contributed by atoms with Gasteiger partial charge in [-0.25, -0.2) is 6.57 Å². The summed E-state index contributed by atoms with van der Waals surface area (Å²) in [5.74, 6) is 0. The summed E-state index contributed by atoms with van der Waals surface area (Å²) in [5, 5.41) is 0. The summed E-state index contributed by atoms with van der Waals surface area (Å²) < 4.78 is 0. The van der Waals surface area contributed by atoms with E-state index >= 15 is 0 Å². The monoisotopic (exact) mass is 248 g/mol. The van der Waals surface area contributed by atoms with Crippen LogP contribution in [0.2, 0.25) is 0 Å². The average Bonchev–Trinajstić information content (AvgIpc) is 2.44. The van der Waals surface area contributed by atoms with Crippen molar-refractivity contribution in [2.24, 2.45) is 0 Å². The summed E-state index contributed by atoms with van der Waals surface area (Å²) >= 11 is 0. The lowest BCUT2D eigenvalue weighted by Crippen LogP contribution is -2.50. The molecular formula is C17H16N2. The molecule has 0 saturated carbocycles. The van der Waals surface area contributed by atoms with E-state index in [4.69, 9.17) is 6.57 Å². The van der Waals surface area contributed by atoms with Crippen LogP contribution in [0.4, 0.5) is 0 Å². The number of rotatable bonds is 3. The van der Waals surface area contributed by atoms with E-state index in [0.29, 0.717) is 0 Å². The van der Waals surface area contributed by atoms with Crippen LogP contribution in [-0.4, -0.2) is 24.0 Å². The summed E-state index contributed by atoms with van der Waals surface area (Å²) in [4.78, 5) is 6.00. The molecule has 0 N–H and O–H groups in total. The van der Waals surface area contributed by atoms with Crippen LogP contribution in [0.1, 0.15) is 17.2 Å². The zero-order chi connectivity index (χ0) is 13.1. The molecule has 1 aliphatic heterocycles. The second-order valence-electron chi connectivity index (χ2n) is 4.96. The largest absolute Gasteiger partial charge is 0.311 e. The first kappa shape index (κ1) is 12.0. The fraction of sp³-hybridized carbons (Fsp3) is 0.235. The molecule has 1 saturated heterocycles. The van der Waals surface area contributed by atoms with Crippen molar-refractivity contribution < 1.29 is 0 Å². The molecule has 3 rings (SSSR count). The van der Waals surface area contributed by atoms with Gasteiger partial charge in [-0.1, -0.05) is 60.7 Å². The molecule has 2 nitrogen and oxygen atoms in total. The minimum Gasteiger partial charge on any atom is -0.311 e. The molecule has 0 aromatic heterocycles. The summed E-state index contributed by atoms with van der Waals surface area (Å²) in [6, 6.07) is 21.5. The van der Waals surface area contributed by atoms with Crippen LogP contribution >= 0.6 is 0 Å². The topological polar surface area (TPSA) is 7.60 Å². The lowest BCUT2D eigenvalue weighted by molar-refractivity contribution is 0.131. The standard InChI is InChI=1S/C17H16N2/c1-18-16-12-19(13-16)17(14-8-4-2-5-9-14)15-10-6-3-7-11-15/h2-11,16-17H,12-13H2. The lowest BCUT2D eigenvalue weighted by atomic mass is 9.93. The minimum atomic E-state index is 0.176. The van der Waals surface area contributed by atoms with Crippen LogP contribution in [0.15, 0.2) is 60.7 Å². The SMILES string of the molecule is [C-]#[N+]C1CN(C(c2ccccc2)c2ccccc2)C1. The predicted molar refractivity (Wildman–Crippen MR) is 76.7 cm³/mol. The van der Waals surface area contributed by atoms with Gasteiger partial charge in [-0.05, 0) is 11.1 Å². The highest BCUT2D eigenvalue weighted by molar-refractivity contribution is 5.32. The van der Waals surface area contributed by atoms with E-state index in [0.717, 1.165) is 13.1 Å². The van der Waals surface area contributed by atoms with Crippen molar-refractivity contribution in [2.75, 3.05) is 13.1 Å². The van der Waals surface area contributed by atoms with Crippen molar-refractivity contribution in [1.82, 2.24) is 4.90 Å². The van der Waals surface area contributed by atoms with Crippen LogP contribution in [0.3, 0.4) is 0 Å². The van der Waals surface area contributed by atoms with Gasteiger partial charge in [0.15, 0.2) is 0 Å². The Balaban J connectivity index is 1.92. The quantitative estimate of drug-likeness (QED) is 0.756. The zero-order valence-corrected chi connectivity index (χ0v) is 10.7. The average molecular weight is 248 g/mol. The molecular weight excluding hydrogens is 232 g/mol. The Morgan fingerprint density at radius 2 is 1.37 bits per heavy atom. The van der Waals surface area contributed by atoms with E-state index in [1.165, 1.54) is 11.1 Å². The molecule has 0 aliphatic carbocycles. The van der Waals surface area contributed by atoms with Crippen LogP contribution in [-0.2, 0) is 0 Å². The molecule has 94 valence electrons. The summed E-state index contributed by atoms with van der Waals surface area (Å²) in [6.45, 7) is 8.84. The van der Waals surface area contributed by atoms with Crippen molar-refractivity contribution in [1.29, 1.82) is 0 Å². The van der Waals surface area contributed by atoms with Crippen molar-refractivity contribution in [2.45, 2.75) is 12.1 Å². The number of hydrogen-bond acceptors (Lipinski definition) is 1. The van der Waals surface area contributed by atoms with Gasteiger partial charge in [-0.15, -0.1) is 0 Å². The summed E-state index contributed by atoms with van der Waals surface area (Å²) in [5.41, 5.74) is 2.61. The Morgan fingerprint density at radius 1 is 0.895 bits per heavy atom. The Kier molecular flexibility index (Phi) is 3.31. The second kappa shape index (κ2) is 5.26. The fourth-order valence-electron chi connectivity index (χ4n) is 2.67.